The predicted molar refractivity (Wildman–Crippen MR) is 88.4 cm³/mol. The zero-order chi connectivity index (χ0) is 16.3. The molecule has 1 fully saturated rings. The summed E-state index contributed by atoms with van der Waals surface area (Å²) in [6, 6.07) is 6.58. The Bertz CT molecular complexity index is 647. The summed E-state index contributed by atoms with van der Waals surface area (Å²) in [5, 5.41) is 0. The molecule has 0 radical (unpaired) electrons. The van der Waals surface area contributed by atoms with E-state index in [1.165, 1.54) is 18.2 Å². The first-order chi connectivity index (χ1) is 11.0. The van der Waals surface area contributed by atoms with Crippen LogP contribution in [0.5, 0.6) is 11.5 Å². The van der Waals surface area contributed by atoms with Crippen molar-refractivity contribution in [3.05, 3.63) is 23.8 Å². The molecule has 0 aromatic heterocycles. The Morgan fingerprint density at radius 2 is 2.04 bits per heavy atom. The van der Waals surface area contributed by atoms with E-state index in [2.05, 4.69) is 21.8 Å². The molecule has 1 atom stereocenters. The quantitative estimate of drug-likeness (QED) is 0.796. The van der Waals surface area contributed by atoms with Crippen molar-refractivity contribution < 1.29 is 17.9 Å². The first-order valence-corrected chi connectivity index (χ1v) is 10.0. The van der Waals surface area contributed by atoms with Crippen LogP contribution in [0.3, 0.4) is 0 Å². The predicted octanol–water partition coefficient (Wildman–Crippen LogP) is 1.53. The van der Waals surface area contributed by atoms with Gasteiger partial charge in [0.05, 0.1) is 6.26 Å². The number of rotatable bonds is 6. The SMILES string of the molecule is CS(=O)(=O)NCCCN1CCC[C@H]1c1ccc2c(c1)OCCO2. The number of nitrogens with zero attached hydrogens (tertiary/aromatic N) is 1. The molecule has 2 heterocycles. The van der Waals surface area contributed by atoms with Crippen LogP contribution in [0.4, 0.5) is 0 Å². The number of likely N-dealkylation sites (tertiary alicyclic amines) is 1. The van der Waals surface area contributed by atoms with E-state index in [0.717, 1.165) is 37.4 Å². The van der Waals surface area contributed by atoms with Crippen molar-refractivity contribution in [1.82, 2.24) is 9.62 Å². The summed E-state index contributed by atoms with van der Waals surface area (Å²) in [6.07, 6.45) is 4.30. The van der Waals surface area contributed by atoms with E-state index in [4.69, 9.17) is 9.47 Å². The molecule has 7 heteroatoms. The molecule has 0 bridgehead atoms. The maximum atomic E-state index is 11.1. The van der Waals surface area contributed by atoms with Crippen molar-refractivity contribution in [3.63, 3.8) is 0 Å². The molecule has 1 N–H and O–H groups in total. The van der Waals surface area contributed by atoms with Gasteiger partial charge in [-0.15, -0.1) is 0 Å². The molecule has 1 saturated heterocycles. The summed E-state index contributed by atoms with van der Waals surface area (Å²) in [6.45, 7) is 3.64. The van der Waals surface area contributed by atoms with E-state index in [-0.39, 0.29) is 0 Å². The third-order valence-corrected chi connectivity index (χ3v) is 5.03. The van der Waals surface area contributed by atoms with Crippen LogP contribution >= 0.6 is 0 Å². The standard InChI is InChI=1S/C16H24N2O4S/c1-23(19,20)17-7-3-9-18-8-2-4-14(18)13-5-6-15-16(12-13)22-11-10-21-15/h5-6,12,14,17H,2-4,7-11H2,1H3/t14-/m0/s1. The monoisotopic (exact) mass is 340 g/mol. The number of hydrogen-bond acceptors (Lipinski definition) is 5. The molecule has 2 aliphatic heterocycles. The van der Waals surface area contributed by atoms with Crippen molar-refractivity contribution in [1.29, 1.82) is 0 Å². The highest BCUT2D eigenvalue weighted by Crippen LogP contribution is 2.37. The van der Waals surface area contributed by atoms with Gasteiger partial charge in [0.1, 0.15) is 13.2 Å². The average Bonchev–Trinajstić information content (AvgIpc) is 2.98. The average molecular weight is 340 g/mol. The Hall–Kier alpha value is -1.31. The van der Waals surface area contributed by atoms with E-state index in [9.17, 15) is 8.42 Å². The smallest absolute Gasteiger partial charge is 0.208 e. The fourth-order valence-electron chi connectivity index (χ4n) is 3.28. The van der Waals surface area contributed by atoms with Gasteiger partial charge in [0.15, 0.2) is 11.5 Å². The van der Waals surface area contributed by atoms with E-state index < -0.39 is 10.0 Å². The van der Waals surface area contributed by atoms with Crippen molar-refractivity contribution in [2.75, 3.05) is 39.1 Å². The lowest BCUT2D eigenvalue weighted by molar-refractivity contribution is 0.170. The lowest BCUT2D eigenvalue weighted by atomic mass is 10.0. The first kappa shape index (κ1) is 16.5. The molecule has 3 rings (SSSR count). The van der Waals surface area contributed by atoms with Gasteiger partial charge in [0.2, 0.25) is 10.0 Å². The molecule has 0 spiro atoms. The molecule has 0 saturated carbocycles. The Balaban J connectivity index is 1.60. The minimum atomic E-state index is -3.09. The van der Waals surface area contributed by atoms with Crippen LogP contribution in [0.15, 0.2) is 18.2 Å². The van der Waals surface area contributed by atoms with E-state index in [1.54, 1.807) is 0 Å². The highest BCUT2D eigenvalue weighted by molar-refractivity contribution is 7.88. The Kier molecular flexibility index (Phi) is 5.08. The number of sulfonamides is 1. The molecule has 2 aliphatic rings. The van der Waals surface area contributed by atoms with E-state index >= 15 is 0 Å². The van der Waals surface area contributed by atoms with Crippen molar-refractivity contribution >= 4 is 10.0 Å². The van der Waals surface area contributed by atoms with Gasteiger partial charge in [0, 0.05) is 12.6 Å². The number of hydrogen-bond donors (Lipinski definition) is 1. The van der Waals surface area contributed by atoms with Gasteiger partial charge in [0.25, 0.3) is 0 Å². The molecular weight excluding hydrogens is 316 g/mol. The Labute approximate surface area is 137 Å². The maximum absolute atomic E-state index is 11.1. The Morgan fingerprint density at radius 1 is 1.26 bits per heavy atom. The summed E-state index contributed by atoms with van der Waals surface area (Å²) < 4.78 is 36.0. The fraction of sp³-hybridized carbons (Fsp3) is 0.625. The second-order valence-corrected chi connectivity index (χ2v) is 7.95. The summed E-state index contributed by atoms with van der Waals surface area (Å²) in [5.74, 6) is 1.65. The molecule has 128 valence electrons. The molecule has 1 aromatic carbocycles. The molecule has 6 nitrogen and oxygen atoms in total. The van der Waals surface area contributed by atoms with E-state index in [1.807, 2.05) is 6.07 Å². The first-order valence-electron chi connectivity index (χ1n) is 8.11. The van der Waals surface area contributed by atoms with Gasteiger partial charge in [-0.3, -0.25) is 4.90 Å². The van der Waals surface area contributed by atoms with Gasteiger partial charge < -0.3 is 9.47 Å². The van der Waals surface area contributed by atoms with Crippen LogP contribution in [-0.4, -0.2) is 52.4 Å². The van der Waals surface area contributed by atoms with Crippen LogP contribution in [0.2, 0.25) is 0 Å². The van der Waals surface area contributed by atoms with Gasteiger partial charge in [-0.1, -0.05) is 6.07 Å². The van der Waals surface area contributed by atoms with Crippen molar-refractivity contribution in [3.8, 4) is 11.5 Å². The van der Waals surface area contributed by atoms with Gasteiger partial charge >= 0.3 is 0 Å². The Morgan fingerprint density at radius 3 is 2.83 bits per heavy atom. The third-order valence-electron chi connectivity index (χ3n) is 4.30. The van der Waals surface area contributed by atoms with Crippen LogP contribution in [-0.2, 0) is 10.0 Å². The largest absolute Gasteiger partial charge is 0.486 e. The van der Waals surface area contributed by atoms with Crippen LogP contribution < -0.4 is 14.2 Å². The summed E-state index contributed by atoms with van der Waals surface area (Å²) in [4.78, 5) is 2.43. The van der Waals surface area contributed by atoms with Crippen molar-refractivity contribution in [2.45, 2.75) is 25.3 Å². The minimum absolute atomic E-state index is 0.379. The highest BCUT2D eigenvalue weighted by Gasteiger charge is 2.26. The summed E-state index contributed by atoms with van der Waals surface area (Å²) in [7, 11) is -3.09. The number of benzene rings is 1. The summed E-state index contributed by atoms with van der Waals surface area (Å²) in [5.41, 5.74) is 1.25. The van der Waals surface area contributed by atoms with Crippen molar-refractivity contribution in [2.24, 2.45) is 0 Å². The highest BCUT2D eigenvalue weighted by atomic mass is 32.2. The third kappa shape index (κ3) is 4.37. The fourth-order valence-corrected chi connectivity index (χ4v) is 3.79. The molecule has 23 heavy (non-hydrogen) atoms. The molecular formula is C16H24N2O4S. The maximum Gasteiger partial charge on any atom is 0.208 e. The lowest BCUT2D eigenvalue weighted by Gasteiger charge is -2.26. The van der Waals surface area contributed by atoms with Crippen LogP contribution in [0.1, 0.15) is 30.9 Å². The zero-order valence-corrected chi connectivity index (χ0v) is 14.3. The van der Waals surface area contributed by atoms with Crippen LogP contribution in [0, 0.1) is 0 Å². The second kappa shape index (κ2) is 7.07. The molecule has 0 aliphatic carbocycles. The second-order valence-electron chi connectivity index (χ2n) is 6.12. The van der Waals surface area contributed by atoms with Gasteiger partial charge in [-0.05, 0) is 50.0 Å². The molecule has 0 unspecified atom stereocenters. The zero-order valence-electron chi connectivity index (χ0n) is 13.5. The van der Waals surface area contributed by atoms with Gasteiger partial charge in [-0.25, -0.2) is 13.1 Å². The number of nitrogens with one attached hydrogen (secondary N) is 1. The molecule has 0 amide bonds. The topological polar surface area (TPSA) is 67.9 Å². The minimum Gasteiger partial charge on any atom is -0.486 e. The summed E-state index contributed by atoms with van der Waals surface area (Å²) >= 11 is 0. The molecule has 1 aromatic rings. The number of ether oxygens (including phenoxy) is 2. The normalized spacial score (nSPS) is 21.5. The van der Waals surface area contributed by atoms with E-state index in [0.29, 0.717) is 25.8 Å². The van der Waals surface area contributed by atoms with Crippen LogP contribution in [0.25, 0.3) is 0 Å². The number of fused-ring (bicyclic) bond motifs is 1. The van der Waals surface area contributed by atoms with Gasteiger partial charge in [-0.2, -0.15) is 0 Å². The lowest BCUT2D eigenvalue weighted by Crippen LogP contribution is -2.29.